The van der Waals surface area contributed by atoms with Gasteiger partial charge in [0.1, 0.15) is 0 Å². The number of hydrogen-bond acceptors (Lipinski definition) is 3. The molecule has 1 unspecified atom stereocenters. The van der Waals surface area contributed by atoms with E-state index in [2.05, 4.69) is 23.9 Å². The molecule has 1 saturated heterocycles. The van der Waals surface area contributed by atoms with Gasteiger partial charge in [-0.2, -0.15) is 0 Å². The van der Waals surface area contributed by atoms with Gasteiger partial charge in [-0.3, -0.25) is 0 Å². The Kier molecular flexibility index (Phi) is 6.22. The predicted octanol–water partition coefficient (Wildman–Crippen LogP) is 1.03. The normalized spacial score (nSPS) is 22.8. The zero-order chi connectivity index (χ0) is 11.1. The first-order valence-electron chi connectivity index (χ1n) is 6.20. The van der Waals surface area contributed by atoms with Crippen molar-refractivity contribution in [3.05, 3.63) is 0 Å². The molecule has 0 aliphatic carbocycles. The highest BCUT2D eigenvalue weighted by Crippen LogP contribution is 2.17. The van der Waals surface area contributed by atoms with Gasteiger partial charge in [-0.1, -0.05) is 0 Å². The second-order valence-electron chi connectivity index (χ2n) is 4.94. The van der Waals surface area contributed by atoms with E-state index >= 15 is 0 Å². The molecule has 0 radical (unpaired) electrons. The monoisotopic (exact) mass is 214 g/mol. The van der Waals surface area contributed by atoms with E-state index in [1.165, 1.54) is 32.5 Å². The predicted molar refractivity (Wildman–Crippen MR) is 64.0 cm³/mol. The summed E-state index contributed by atoms with van der Waals surface area (Å²) in [4.78, 5) is 4.82. The van der Waals surface area contributed by atoms with Crippen molar-refractivity contribution >= 4 is 0 Å². The summed E-state index contributed by atoms with van der Waals surface area (Å²) < 4.78 is 0. The van der Waals surface area contributed by atoms with Gasteiger partial charge in [-0.15, -0.1) is 0 Å². The first-order valence-corrected chi connectivity index (χ1v) is 6.20. The van der Waals surface area contributed by atoms with Gasteiger partial charge in [0.05, 0.1) is 0 Å². The van der Waals surface area contributed by atoms with Crippen LogP contribution in [-0.2, 0) is 0 Å². The van der Waals surface area contributed by atoms with Crippen molar-refractivity contribution < 1.29 is 5.11 Å². The van der Waals surface area contributed by atoms with Crippen molar-refractivity contribution in [2.24, 2.45) is 5.92 Å². The maximum Gasteiger partial charge on any atom is 0.0431 e. The van der Waals surface area contributed by atoms with Crippen molar-refractivity contribution in [2.75, 3.05) is 46.9 Å². The van der Waals surface area contributed by atoms with Crippen molar-refractivity contribution in [1.82, 2.24) is 9.80 Å². The summed E-state index contributed by atoms with van der Waals surface area (Å²) in [6.45, 7) is 5.23. The number of rotatable bonds is 7. The van der Waals surface area contributed by atoms with Gasteiger partial charge < -0.3 is 14.9 Å². The van der Waals surface area contributed by atoms with Gasteiger partial charge in [0.15, 0.2) is 0 Å². The molecule has 0 aromatic rings. The molecular formula is C12H26N2O. The molecule has 0 bridgehead atoms. The van der Waals surface area contributed by atoms with Crippen molar-refractivity contribution in [3.8, 4) is 0 Å². The summed E-state index contributed by atoms with van der Waals surface area (Å²) in [5.41, 5.74) is 0. The molecule has 1 aliphatic heterocycles. The zero-order valence-corrected chi connectivity index (χ0v) is 10.3. The van der Waals surface area contributed by atoms with Crippen LogP contribution in [0, 0.1) is 5.92 Å². The molecule has 1 N–H and O–H groups in total. The molecule has 0 spiro atoms. The average molecular weight is 214 g/mol. The number of aliphatic hydroxyl groups is 1. The number of unbranched alkanes of at least 4 members (excludes halogenated alkanes) is 1. The minimum absolute atomic E-state index is 0.335. The molecule has 1 atom stereocenters. The van der Waals surface area contributed by atoms with Crippen molar-refractivity contribution in [3.63, 3.8) is 0 Å². The van der Waals surface area contributed by atoms with Crippen LogP contribution in [0.2, 0.25) is 0 Å². The van der Waals surface area contributed by atoms with Crippen LogP contribution in [0.1, 0.15) is 25.7 Å². The van der Waals surface area contributed by atoms with E-state index in [1.54, 1.807) is 0 Å². The molecule has 15 heavy (non-hydrogen) atoms. The number of nitrogens with zero attached hydrogens (tertiary/aromatic N) is 2. The fourth-order valence-corrected chi connectivity index (χ4v) is 2.27. The third-order valence-corrected chi connectivity index (χ3v) is 3.36. The Morgan fingerprint density at radius 3 is 2.73 bits per heavy atom. The van der Waals surface area contributed by atoms with Gasteiger partial charge in [0.2, 0.25) is 0 Å². The van der Waals surface area contributed by atoms with Crippen LogP contribution in [0.25, 0.3) is 0 Å². The highest BCUT2D eigenvalue weighted by atomic mass is 16.2. The molecule has 0 aromatic heterocycles. The van der Waals surface area contributed by atoms with Crippen LogP contribution in [0.3, 0.4) is 0 Å². The van der Waals surface area contributed by atoms with Gasteiger partial charge in [-0.05, 0) is 65.3 Å². The van der Waals surface area contributed by atoms with E-state index in [-0.39, 0.29) is 0 Å². The Morgan fingerprint density at radius 2 is 2.13 bits per heavy atom. The Labute approximate surface area is 94.1 Å². The minimum Gasteiger partial charge on any atom is -0.396 e. The van der Waals surface area contributed by atoms with E-state index in [4.69, 9.17) is 5.11 Å². The van der Waals surface area contributed by atoms with E-state index in [0.717, 1.165) is 25.3 Å². The van der Waals surface area contributed by atoms with Gasteiger partial charge in [0, 0.05) is 13.2 Å². The van der Waals surface area contributed by atoms with Gasteiger partial charge in [-0.25, -0.2) is 0 Å². The molecule has 0 amide bonds. The molecule has 3 nitrogen and oxygen atoms in total. The summed E-state index contributed by atoms with van der Waals surface area (Å²) in [7, 11) is 4.40. The van der Waals surface area contributed by atoms with Crippen molar-refractivity contribution in [2.45, 2.75) is 25.7 Å². The quantitative estimate of drug-likeness (QED) is 0.641. The van der Waals surface area contributed by atoms with Gasteiger partial charge in [0.25, 0.3) is 0 Å². The number of aliphatic hydroxyl groups excluding tert-OH is 1. The molecule has 3 heteroatoms. The summed E-state index contributed by atoms with van der Waals surface area (Å²) >= 11 is 0. The molecule has 90 valence electrons. The van der Waals surface area contributed by atoms with Gasteiger partial charge >= 0.3 is 0 Å². The summed E-state index contributed by atoms with van der Waals surface area (Å²) in [6.07, 6.45) is 4.77. The van der Waals surface area contributed by atoms with Crippen LogP contribution < -0.4 is 0 Å². The molecule has 1 heterocycles. The average Bonchev–Trinajstić information content (AvgIpc) is 2.62. The molecular weight excluding hydrogens is 188 g/mol. The summed E-state index contributed by atoms with van der Waals surface area (Å²) in [5, 5.41) is 8.69. The lowest BCUT2D eigenvalue weighted by Gasteiger charge is -2.18. The second kappa shape index (κ2) is 7.20. The van der Waals surface area contributed by atoms with Crippen LogP contribution in [0.15, 0.2) is 0 Å². The molecule has 1 fully saturated rings. The SMILES string of the molecule is CN(CCCCO)CCC1CCN(C)C1. The third-order valence-electron chi connectivity index (χ3n) is 3.36. The number of likely N-dealkylation sites (tertiary alicyclic amines) is 1. The maximum atomic E-state index is 8.69. The number of hydrogen-bond donors (Lipinski definition) is 1. The Balaban J connectivity index is 1.98. The smallest absolute Gasteiger partial charge is 0.0431 e. The minimum atomic E-state index is 0.335. The first-order chi connectivity index (χ1) is 7.22. The fourth-order valence-electron chi connectivity index (χ4n) is 2.27. The van der Waals surface area contributed by atoms with Crippen molar-refractivity contribution in [1.29, 1.82) is 0 Å². The third kappa shape index (κ3) is 5.50. The van der Waals surface area contributed by atoms with E-state index in [0.29, 0.717) is 6.61 Å². The van der Waals surface area contributed by atoms with E-state index in [9.17, 15) is 0 Å². The van der Waals surface area contributed by atoms with Crippen LogP contribution >= 0.6 is 0 Å². The summed E-state index contributed by atoms with van der Waals surface area (Å²) in [5.74, 6) is 0.912. The standard InChI is InChI=1S/C12H26N2O/c1-13(7-3-4-10-15)8-5-12-6-9-14(2)11-12/h12,15H,3-11H2,1-2H3. The molecule has 1 rings (SSSR count). The van der Waals surface area contributed by atoms with Crippen LogP contribution in [-0.4, -0.2) is 61.8 Å². The molecule has 0 aromatic carbocycles. The fraction of sp³-hybridized carbons (Fsp3) is 1.00. The lowest BCUT2D eigenvalue weighted by molar-refractivity contribution is 0.255. The second-order valence-corrected chi connectivity index (χ2v) is 4.94. The first kappa shape index (κ1) is 12.9. The highest BCUT2D eigenvalue weighted by Gasteiger charge is 2.19. The van der Waals surface area contributed by atoms with Crippen LogP contribution in [0.4, 0.5) is 0 Å². The van der Waals surface area contributed by atoms with E-state index in [1.807, 2.05) is 0 Å². The largest absolute Gasteiger partial charge is 0.396 e. The summed E-state index contributed by atoms with van der Waals surface area (Å²) in [6, 6.07) is 0. The maximum absolute atomic E-state index is 8.69. The Bertz CT molecular complexity index is 164. The lowest BCUT2D eigenvalue weighted by atomic mass is 10.0. The molecule has 1 aliphatic rings. The van der Waals surface area contributed by atoms with Crippen LogP contribution in [0.5, 0.6) is 0 Å². The Morgan fingerprint density at radius 1 is 1.33 bits per heavy atom. The molecule has 0 saturated carbocycles. The Hall–Kier alpha value is -0.120. The zero-order valence-electron chi connectivity index (χ0n) is 10.3. The topological polar surface area (TPSA) is 26.7 Å². The lowest BCUT2D eigenvalue weighted by Crippen LogP contribution is -2.24. The highest BCUT2D eigenvalue weighted by molar-refractivity contribution is 4.73. The van der Waals surface area contributed by atoms with E-state index < -0.39 is 0 Å².